The molecule has 2 aliphatic rings. The number of amides is 1. The highest BCUT2D eigenvalue weighted by Crippen LogP contribution is 2.43. The van der Waals surface area contributed by atoms with Gasteiger partial charge in [0.05, 0.1) is 5.56 Å². The standard InChI is InChI=1S/C19H12N2O2/c22-17-13-8-3-5-11-6-4-9-14(16(11)13)19(17)20-15-10-2-1-7-12(15)18(23)21-19/h1-10,20H,(H,21,23). The van der Waals surface area contributed by atoms with Crippen LogP contribution >= 0.6 is 0 Å². The first-order valence-corrected chi connectivity index (χ1v) is 7.47. The van der Waals surface area contributed by atoms with Crippen molar-refractivity contribution in [2.75, 3.05) is 5.32 Å². The lowest BCUT2D eigenvalue weighted by atomic mass is 9.94. The molecule has 5 rings (SSSR count). The van der Waals surface area contributed by atoms with E-state index in [1.54, 1.807) is 6.07 Å². The molecule has 1 spiro atoms. The van der Waals surface area contributed by atoms with E-state index in [0.29, 0.717) is 16.8 Å². The molecule has 0 bridgehead atoms. The van der Waals surface area contributed by atoms with Gasteiger partial charge in [-0.2, -0.15) is 0 Å². The normalized spacial score (nSPS) is 21.2. The number of anilines is 1. The Kier molecular flexibility index (Phi) is 2.15. The van der Waals surface area contributed by atoms with Gasteiger partial charge in [0, 0.05) is 22.2 Å². The second kappa shape index (κ2) is 3.98. The summed E-state index contributed by atoms with van der Waals surface area (Å²) in [6.07, 6.45) is 0. The van der Waals surface area contributed by atoms with Gasteiger partial charge in [0.25, 0.3) is 5.91 Å². The monoisotopic (exact) mass is 300 g/mol. The topological polar surface area (TPSA) is 58.2 Å². The molecular weight excluding hydrogens is 288 g/mol. The van der Waals surface area contributed by atoms with Crippen LogP contribution in [0.25, 0.3) is 10.8 Å². The van der Waals surface area contributed by atoms with Crippen LogP contribution in [0.3, 0.4) is 0 Å². The molecule has 4 nitrogen and oxygen atoms in total. The average Bonchev–Trinajstić information content (AvgIpc) is 2.80. The van der Waals surface area contributed by atoms with Gasteiger partial charge in [0.2, 0.25) is 11.4 Å². The van der Waals surface area contributed by atoms with Crippen LogP contribution in [0.5, 0.6) is 0 Å². The second-order valence-electron chi connectivity index (χ2n) is 5.91. The van der Waals surface area contributed by atoms with Crippen molar-refractivity contribution in [2.24, 2.45) is 0 Å². The largest absolute Gasteiger partial charge is 0.352 e. The fourth-order valence-corrected chi connectivity index (χ4v) is 3.68. The van der Waals surface area contributed by atoms with E-state index in [0.717, 1.165) is 16.3 Å². The molecule has 0 saturated heterocycles. The summed E-state index contributed by atoms with van der Waals surface area (Å²) in [5, 5.41) is 8.09. The Morgan fingerprint density at radius 2 is 1.48 bits per heavy atom. The zero-order valence-corrected chi connectivity index (χ0v) is 12.1. The number of para-hydroxylation sites is 1. The number of fused-ring (bicyclic) bond motifs is 2. The molecule has 4 heteroatoms. The van der Waals surface area contributed by atoms with E-state index in [4.69, 9.17) is 0 Å². The first-order valence-electron chi connectivity index (χ1n) is 7.47. The number of Topliss-reactive ketones (excluding diaryl/α,β-unsaturated/α-hetero) is 1. The molecule has 1 unspecified atom stereocenters. The van der Waals surface area contributed by atoms with Crippen molar-refractivity contribution in [3.63, 3.8) is 0 Å². The number of carbonyl (C=O) groups excluding carboxylic acids is 2. The smallest absolute Gasteiger partial charge is 0.255 e. The third kappa shape index (κ3) is 1.40. The Bertz CT molecular complexity index is 1020. The van der Waals surface area contributed by atoms with Gasteiger partial charge in [-0.3, -0.25) is 9.59 Å². The zero-order valence-electron chi connectivity index (χ0n) is 12.1. The third-order valence-corrected chi connectivity index (χ3v) is 4.69. The van der Waals surface area contributed by atoms with E-state index in [-0.39, 0.29) is 11.7 Å². The molecular formula is C19H12N2O2. The van der Waals surface area contributed by atoms with Gasteiger partial charge < -0.3 is 10.6 Å². The Labute approximate surface area is 132 Å². The minimum atomic E-state index is -1.21. The molecule has 0 radical (unpaired) electrons. The fraction of sp³-hybridized carbons (Fsp3) is 0.0526. The predicted molar refractivity (Wildman–Crippen MR) is 87.5 cm³/mol. The van der Waals surface area contributed by atoms with Crippen LogP contribution < -0.4 is 10.6 Å². The van der Waals surface area contributed by atoms with Gasteiger partial charge in [-0.05, 0) is 17.5 Å². The molecule has 2 N–H and O–H groups in total. The SMILES string of the molecule is O=C1NC2(Nc3ccccc31)C(=O)c1cccc3cccc2c13. The summed E-state index contributed by atoms with van der Waals surface area (Å²) in [4.78, 5) is 25.7. The van der Waals surface area contributed by atoms with E-state index in [9.17, 15) is 9.59 Å². The van der Waals surface area contributed by atoms with E-state index in [2.05, 4.69) is 10.6 Å². The molecule has 0 fully saturated rings. The molecule has 1 amide bonds. The van der Waals surface area contributed by atoms with Crippen LogP contribution in [-0.2, 0) is 5.66 Å². The quantitative estimate of drug-likeness (QED) is 0.671. The summed E-state index contributed by atoms with van der Waals surface area (Å²) in [6, 6.07) is 18.7. The number of nitrogens with one attached hydrogen (secondary N) is 2. The second-order valence-corrected chi connectivity index (χ2v) is 5.91. The molecule has 3 aromatic carbocycles. The number of carbonyl (C=O) groups is 2. The molecule has 1 heterocycles. The van der Waals surface area contributed by atoms with Crippen molar-refractivity contribution in [1.82, 2.24) is 5.32 Å². The highest BCUT2D eigenvalue weighted by Gasteiger charge is 2.51. The molecule has 1 atom stereocenters. The van der Waals surface area contributed by atoms with E-state index >= 15 is 0 Å². The van der Waals surface area contributed by atoms with Crippen LogP contribution in [0.15, 0.2) is 60.7 Å². The van der Waals surface area contributed by atoms with Crippen molar-refractivity contribution in [2.45, 2.75) is 5.66 Å². The number of ketones is 1. The Morgan fingerprint density at radius 3 is 2.35 bits per heavy atom. The van der Waals surface area contributed by atoms with Crippen molar-refractivity contribution in [3.05, 3.63) is 77.4 Å². The van der Waals surface area contributed by atoms with Gasteiger partial charge >= 0.3 is 0 Å². The fourth-order valence-electron chi connectivity index (χ4n) is 3.68. The lowest BCUT2D eigenvalue weighted by Gasteiger charge is -2.36. The Balaban J connectivity index is 1.82. The van der Waals surface area contributed by atoms with Gasteiger partial charge in [-0.15, -0.1) is 0 Å². The van der Waals surface area contributed by atoms with Crippen molar-refractivity contribution in [3.8, 4) is 0 Å². The van der Waals surface area contributed by atoms with Crippen LogP contribution in [0.2, 0.25) is 0 Å². The molecule has 3 aromatic rings. The number of rotatable bonds is 0. The molecule has 1 aliphatic carbocycles. The number of hydrogen-bond donors (Lipinski definition) is 2. The Morgan fingerprint density at radius 1 is 0.739 bits per heavy atom. The molecule has 0 aromatic heterocycles. The highest BCUT2D eigenvalue weighted by atomic mass is 16.2. The van der Waals surface area contributed by atoms with Crippen LogP contribution in [0, 0.1) is 0 Å². The average molecular weight is 300 g/mol. The Hall–Kier alpha value is -3.14. The molecule has 110 valence electrons. The van der Waals surface area contributed by atoms with Crippen LogP contribution in [-0.4, -0.2) is 11.7 Å². The molecule has 23 heavy (non-hydrogen) atoms. The van der Waals surface area contributed by atoms with Crippen molar-refractivity contribution < 1.29 is 9.59 Å². The van der Waals surface area contributed by atoms with Crippen molar-refractivity contribution in [1.29, 1.82) is 0 Å². The first kappa shape index (κ1) is 12.4. The molecule has 0 saturated carbocycles. The highest BCUT2D eigenvalue weighted by molar-refractivity contribution is 6.23. The lowest BCUT2D eigenvalue weighted by molar-refractivity contribution is 0.0788. The third-order valence-electron chi connectivity index (χ3n) is 4.69. The van der Waals surface area contributed by atoms with Crippen LogP contribution in [0.1, 0.15) is 26.3 Å². The summed E-state index contributed by atoms with van der Waals surface area (Å²) in [5.74, 6) is -0.357. The minimum absolute atomic E-state index is 0.118. The van der Waals surface area contributed by atoms with E-state index < -0.39 is 5.66 Å². The van der Waals surface area contributed by atoms with Gasteiger partial charge in [0.1, 0.15) is 0 Å². The minimum Gasteiger partial charge on any atom is -0.352 e. The molecule has 1 aliphatic heterocycles. The van der Waals surface area contributed by atoms with Gasteiger partial charge in [-0.25, -0.2) is 0 Å². The van der Waals surface area contributed by atoms with Gasteiger partial charge in [-0.1, -0.05) is 48.5 Å². The van der Waals surface area contributed by atoms with Crippen LogP contribution in [0.4, 0.5) is 5.69 Å². The van der Waals surface area contributed by atoms with Gasteiger partial charge in [0.15, 0.2) is 0 Å². The first-order chi connectivity index (χ1) is 11.2. The zero-order chi connectivity index (χ0) is 15.6. The summed E-state index contributed by atoms with van der Waals surface area (Å²) in [5.41, 5.74) is 1.46. The number of hydrogen-bond acceptors (Lipinski definition) is 3. The lowest BCUT2D eigenvalue weighted by Crippen LogP contribution is -2.58. The number of benzene rings is 3. The predicted octanol–water partition coefficient (Wildman–Crippen LogP) is 3.04. The summed E-state index contributed by atoms with van der Waals surface area (Å²) in [7, 11) is 0. The maximum Gasteiger partial charge on any atom is 0.255 e. The maximum absolute atomic E-state index is 13.1. The van der Waals surface area contributed by atoms with E-state index in [1.165, 1.54) is 0 Å². The van der Waals surface area contributed by atoms with Crippen molar-refractivity contribution >= 4 is 28.2 Å². The maximum atomic E-state index is 13.1. The summed E-state index contributed by atoms with van der Waals surface area (Å²) in [6.45, 7) is 0. The summed E-state index contributed by atoms with van der Waals surface area (Å²) >= 11 is 0. The summed E-state index contributed by atoms with van der Waals surface area (Å²) < 4.78 is 0. The van der Waals surface area contributed by atoms with E-state index in [1.807, 2.05) is 54.6 Å².